The van der Waals surface area contributed by atoms with Crippen LogP contribution in [0.2, 0.25) is 0 Å². The van der Waals surface area contributed by atoms with E-state index >= 15 is 0 Å². The molecular formula is C21H28N2O. The van der Waals surface area contributed by atoms with Crippen LogP contribution in [0.1, 0.15) is 31.4 Å². The second-order valence-electron chi connectivity index (χ2n) is 7.17. The minimum absolute atomic E-state index is 0.154. The molecule has 0 spiro atoms. The van der Waals surface area contributed by atoms with Gasteiger partial charge in [-0.25, -0.2) is 0 Å². The Hall–Kier alpha value is -1.68. The summed E-state index contributed by atoms with van der Waals surface area (Å²) in [4.78, 5) is 2.52. The van der Waals surface area contributed by atoms with Crippen molar-refractivity contribution in [3.8, 4) is 0 Å². The molecule has 1 aliphatic rings. The Morgan fingerprint density at radius 1 is 0.917 bits per heavy atom. The van der Waals surface area contributed by atoms with Crippen molar-refractivity contribution in [3.63, 3.8) is 0 Å². The van der Waals surface area contributed by atoms with Gasteiger partial charge in [0.25, 0.3) is 0 Å². The zero-order valence-corrected chi connectivity index (χ0v) is 14.7. The van der Waals surface area contributed by atoms with Crippen LogP contribution in [0.3, 0.4) is 0 Å². The Morgan fingerprint density at radius 2 is 1.42 bits per heavy atom. The van der Waals surface area contributed by atoms with E-state index in [2.05, 4.69) is 79.4 Å². The molecule has 2 aromatic carbocycles. The van der Waals surface area contributed by atoms with Gasteiger partial charge in [-0.2, -0.15) is 0 Å². The summed E-state index contributed by atoms with van der Waals surface area (Å²) in [6, 6.07) is 21.3. The summed E-state index contributed by atoms with van der Waals surface area (Å²) >= 11 is 0. The Labute approximate surface area is 145 Å². The van der Waals surface area contributed by atoms with Gasteiger partial charge < -0.3 is 10.5 Å². The summed E-state index contributed by atoms with van der Waals surface area (Å²) in [7, 11) is 0. The number of benzene rings is 2. The monoisotopic (exact) mass is 324 g/mol. The highest BCUT2D eigenvalue weighted by atomic mass is 16.5. The molecule has 1 atom stereocenters. The third-order valence-corrected chi connectivity index (χ3v) is 5.47. The Kier molecular flexibility index (Phi) is 5.04. The predicted molar refractivity (Wildman–Crippen MR) is 98.6 cm³/mol. The molecule has 1 heterocycles. The molecule has 1 unspecified atom stereocenters. The van der Waals surface area contributed by atoms with Gasteiger partial charge in [0.1, 0.15) is 0 Å². The fourth-order valence-corrected chi connectivity index (χ4v) is 3.89. The van der Waals surface area contributed by atoms with Gasteiger partial charge in [0.05, 0.1) is 11.1 Å². The molecular weight excluding hydrogens is 296 g/mol. The molecule has 128 valence electrons. The first-order valence-electron chi connectivity index (χ1n) is 8.74. The molecule has 24 heavy (non-hydrogen) atoms. The third-order valence-electron chi connectivity index (χ3n) is 5.47. The van der Waals surface area contributed by atoms with Gasteiger partial charge in [0.15, 0.2) is 0 Å². The average molecular weight is 324 g/mol. The van der Waals surface area contributed by atoms with Crippen molar-refractivity contribution in [1.29, 1.82) is 0 Å². The lowest BCUT2D eigenvalue weighted by Crippen LogP contribution is -2.62. The standard InChI is InChI=1S/C21H28N2O/c1-20(2)21(17-22,13-14-24-20)23(15-18-9-5-3-6-10-18)16-19-11-7-4-8-12-19/h3-12H,13-17,22H2,1-2H3. The van der Waals surface area contributed by atoms with Crippen LogP contribution in [0.15, 0.2) is 60.7 Å². The first kappa shape index (κ1) is 17.2. The van der Waals surface area contributed by atoms with E-state index in [9.17, 15) is 0 Å². The molecule has 0 amide bonds. The largest absolute Gasteiger partial charge is 0.374 e. The molecule has 0 aliphatic carbocycles. The maximum atomic E-state index is 6.33. The van der Waals surface area contributed by atoms with Gasteiger partial charge in [-0.3, -0.25) is 4.90 Å². The van der Waals surface area contributed by atoms with Gasteiger partial charge in [-0.15, -0.1) is 0 Å². The van der Waals surface area contributed by atoms with E-state index < -0.39 is 0 Å². The first-order chi connectivity index (χ1) is 11.6. The van der Waals surface area contributed by atoms with Crippen LogP contribution in [-0.4, -0.2) is 29.2 Å². The number of nitrogens with two attached hydrogens (primary N) is 1. The minimum atomic E-state index is -0.259. The van der Waals surface area contributed by atoms with Crippen molar-refractivity contribution in [2.75, 3.05) is 13.2 Å². The van der Waals surface area contributed by atoms with E-state index in [4.69, 9.17) is 10.5 Å². The lowest BCUT2D eigenvalue weighted by Gasteiger charge is -2.48. The molecule has 3 rings (SSSR count). The summed E-state index contributed by atoms with van der Waals surface area (Å²) in [5.41, 5.74) is 8.54. The van der Waals surface area contributed by atoms with Crippen LogP contribution in [0.5, 0.6) is 0 Å². The van der Waals surface area contributed by atoms with Crippen molar-refractivity contribution < 1.29 is 4.74 Å². The van der Waals surface area contributed by atoms with Crippen molar-refractivity contribution in [1.82, 2.24) is 4.90 Å². The molecule has 1 fully saturated rings. The second-order valence-corrected chi connectivity index (χ2v) is 7.17. The maximum absolute atomic E-state index is 6.33. The van der Waals surface area contributed by atoms with E-state index in [1.54, 1.807) is 0 Å². The SMILES string of the molecule is CC1(C)OCCC1(CN)N(Cc1ccccc1)Cc1ccccc1. The van der Waals surface area contributed by atoms with Crippen LogP contribution in [0.25, 0.3) is 0 Å². The maximum Gasteiger partial charge on any atom is 0.0822 e. The van der Waals surface area contributed by atoms with Crippen LogP contribution in [0.4, 0.5) is 0 Å². The van der Waals surface area contributed by atoms with Gasteiger partial charge in [-0.1, -0.05) is 60.7 Å². The van der Waals surface area contributed by atoms with Crippen LogP contribution in [-0.2, 0) is 17.8 Å². The molecule has 2 N–H and O–H groups in total. The summed E-state index contributed by atoms with van der Waals surface area (Å²) < 4.78 is 6.08. The van der Waals surface area contributed by atoms with Crippen LogP contribution < -0.4 is 5.73 Å². The second kappa shape index (κ2) is 7.06. The predicted octanol–water partition coefficient (Wildman–Crippen LogP) is 3.59. The van der Waals surface area contributed by atoms with E-state index in [0.29, 0.717) is 6.54 Å². The molecule has 2 aromatic rings. The van der Waals surface area contributed by atoms with Gasteiger partial charge in [0.2, 0.25) is 0 Å². The summed E-state index contributed by atoms with van der Waals surface area (Å²) in [6.45, 7) is 7.47. The van der Waals surface area contributed by atoms with Crippen molar-refractivity contribution in [3.05, 3.63) is 71.8 Å². The highest BCUT2D eigenvalue weighted by Crippen LogP contribution is 2.41. The van der Waals surface area contributed by atoms with Gasteiger partial charge in [-0.05, 0) is 31.4 Å². The lowest BCUT2D eigenvalue weighted by atomic mass is 9.79. The Morgan fingerprint density at radius 3 is 1.79 bits per heavy atom. The zero-order valence-electron chi connectivity index (χ0n) is 14.7. The Balaban J connectivity index is 1.94. The lowest BCUT2D eigenvalue weighted by molar-refractivity contribution is -0.0675. The normalized spacial score (nSPS) is 22.8. The minimum Gasteiger partial charge on any atom is -0.374 e. The van der Waals surface area contributed by atoms with Crippen molar-refractivity contribution >= 4 is 0 Å². The van der Waals surface area contributed by atoms with E-state index in [1.807, 2.05) is 0 Å². The Bertz CT molecular complexity index is 600. The number of hydrogen-bond acceptors (Lipinski definition) is 3. The fraction of sp³-hybridized carbons (Fsp3) is 0.429. The highest BCUT2D eigenvalue weighted by molar-refractivity contribution is 5.20. The summed E-state index contributed by atoms with van der Waals surface area (Å²) in [5.74, 6) is 0. The average Bonchev–Trinajstić information content (AvgIpc) is 2.91. The van der Waals surface area contributed by atoms with Gasteiger partial charge in [0, 0.05) is 26.2 Å². The summed E-state index contributed by atoms with van der Waals surface area (Å²) in [6.07, 6.45) is 0.968. The zero-order chi connectivity index (χ0) is 17.0. The summed E-state index contributed by atoms with van der Waals surface area (Å²) in [5, 5.41) is 0. The topological polar surface area (TPSA) is 38.5 Å². The molecule has 3 heteroatoms. The van der Waals surface area contributed by atoms with Crippen molar-refractivity contribution in [2.24, 2.45) is 5.73 Å². The fourth-order valence-electron chi connectivity index (χ4n) is 3.89. The van der Waals surface area contributed by atoms with Crippen molar-refractivity contribution in [2.45, 2.75) is 44.5 Å². The van der Waals surface area contributed by atoms with E-state index in [0.717, 1.165) is 26.1 Å². The molecule has 1 saturated heterocycles. The third kappa shape index (κ3) is 3.25. The van der Waals surface area contributed by atoms with Crippen LogP contribution >= 0.6 is 0 Å². The highest BCUT2D eigenvalue weighted by Gasteiger charge is 2.53. The molecule has 0 aromatic heterocycles. The van der Waals surface area contributed by atoms with Crippen LogP contribution in [0, 0.1) is 0 Å². The van der Waals surface area contributed by atoms with E-state index in [1.165, 1.54) is 11.1 Å². The molecule has 0 saturated carbocycles. The molecule has 3 nitrogen and oxygen atoms in total. The first-order valence-corrected chi connectivity index (χ1v) is 8.74. The smallest absolute Gasteiger partial charge is 0.0822 e. The number of ether oxygens (including phenoxy) is 1. The number of rotatable bonds is 6. The van der Waals surface area contributed by atoms with E-state index in [-0.39, 0.29) is 11.1 Å². The number of hydrogen-bond donors (Lipinski definition) is 1. The molecule has 1 aliphatic heterocycles. The number of nitrogens with zero attached hydrogens (tertiary/aromatic N) is 1. The quantitative estimate of drug-likeness (QED) is 0.882. The van der Waals surface area contributed by atoms with Gasteiger partial charge >= 0.3 is 0 Å². The molecule has 0 radical (unpaired) electrons. The molecule has 0 bridgehead atoms.